The molecule has 8 heteroatoms. The predicted molar refractivity (Wildman–Crippen MR) is 55.2 cm³/mol. The van der Waals surface area contributed by atoms with Gasteiger partial charge in [0.05, 0.1) is 0 Å². The van der Waals surface area contributed by atoms with E-state index in [1.54, 1.807) is 0 Å². The smallest absolute Gasteiger partial charge is 0.294 e. The number of halogens is 4. The van der Waals surface area contributed by atoms with E-state index in [-0.39, 0.29) is 0 Å². The Morgan fingerprint density at radius 3 is 1.91 bits per heavy atom. The molecule has 0 saturated carbocycles. The highest BCUT2D eigenvalue weighted by Gasteiger charge is 2.40. The lowest BCUT2D eigenvalue weighted by Gasteiger charge is -2.19. The van der Waals surface area contributed by atoms with Crippen LogP contribution in [0, 0.1) is 10.1 Å². The SMILES string of the molecule is O=[N+]([O-])C(Br)C(O)C(Br)(Br)Br. The normalized spacial score (nSPS) is 17.5. The van der Waals surface area contributed by atoms with Crippen LogP contribution in [0.5, 0.6) is 0 Å². The van der Waals surface area contributed by atoms with Crippen LogP contribution in [-0.2, 0) is 0 Å². The van der Waals surface area contributed by atoms with Crippen LogP contribution in [0.1, 0.15) is 0 Å². The number of alkyl halides is 4. The lowest BCUT2D eigenvalue weighted by Crippen LogP contribution is -2.37. The fourth-order valence-electron chi connectivity index (χ4n) is 0.271. The van der Waals surface area contributed by atoms with Crippen molar-refractivity contribution in [1.29, 1.82) is 0 Å². The Balaban J connectivity index is 4.25. The van der Waals surface area contributed by atoms with Crippen molar-refractivity contribution in [2.24, 2.45) is 0 Å². The average Bonchev–Trinajstić information content (AvgIpc) is 1.82. The molecular formula is C3H3Br4NO3. The first-order chi connectivity index (χ1) is 4.76. The molecule has 0 aliphatic rings. The molecule has 0 heterocycles. The Kier molecular flexibility index (Phi) is 5.02. The summed E-state index contributed by atoms with van der Waals surface area (Å²) in [5.41, 5.74) is 0. The molecular weight excluding hydrogens is 418 g/mol. The summed E-state index contributed by atoms with van der Waals surface area (Å²) < 4.78 is -1.03. The summed E-state index contributed by atoms with van der Waals surface area (Å²) in [5, 5.41) is 19.3. The highest BCUT2D eigenvalue weighted by atomic mass is 80.0. The predicted octanol–water partition coefficient (Wildman–Crippen LogP) is 2.18. The third-order valence-electron chi connectivity index (χ3n) is 0.797. The van der Waals surface area contributed by atoms with E-state index in [4.69, 9.17) is 0 Å². The van der Waals surface area contributed by atoms with Gasteiger partial charge in [0.15, 0.2) is 8.25 Å². The molecule has 0 bridgehead atoms. The van der Waals surface area contributed by atoms with E-state index in [9.17, 15) is 15.2 Å². The molecule has 0 spiro atoms. The number of hydrogen-bond donors (Lipinski definition) is 1. The molecule has 0 aromatic heterocycles. The third kappa shape index (κ3) is 4.16. The first kappa shape index (κ1) is 12.3. The molecule has 0 radical (unpaired) electrons. The Morgan fingerprint density at radius 2 is 1.82 bits per heavy atom. The second-order valence-electron chi connectivity index (χ2n) is 1.64. The van der Waals surface area contributed by atoms with Crippen LogP contribution in [0.2, 0.25) is 0 Å². The molecule has 0 aliphatic heterocycles. The number of nitro groups is 1. The summed E-state index contributed by atoms with van der Waals surface area (Å²) in [6.45, 7) is 0. The quantitative estimate of drug-likeness (QED) is 0.322. The van der Waals surface area contributed by atoms with Crippen LogP contribution in [0.3, 0.4) is 0 Å². The molecule has 11 heavy (non-hydrogen) atoms. The maximum Gasteiger partial charge on any atom is 0.294 e. The summed E-state index contributed by atoms with van der Waals surface area (Å²) in [7, 11) is 0. The zero-order valence-corrected chi connectivity index (χ0v) is 11.2. The third-order valence-corrected chi connectivity index (χ3v) is 3.04. The van der Waals surface area contributed by atoms with E-state index in [0.717, 1.165) is 0 Å². The van der Waals surface area contributed by atoms with Gasteiger partial charge in [-0.3, -0.25) is 10.1 Å². The molecule has 1 N–H and O–H groups in total. The molecule has 0 aromatic rings. The largest absolute Gasteiger partial charge is 0.382 e. The van der Waals surface area contributed by atoms with Crippen LogP contribution in [0.15, 0.2) is 0 Å². The van der Waals surface area contributed by atoms with E-state index in [1.165, 1.54) is 0 Å². The molecule has 0 saturated heterocycles. The molecule has 0 aromatic carbocycles. The summed E-state index contributed by atoms with van der Waals surface area (Å²) >= 11 is 11.6. The van der Waals surface area contributed by atoms with Crippen molar-refractivity contribution >= 4 is 63.7 Å². The van der Waals surface area contributed by atoms with Gasteiger partial charge in [0.25, 0.3) is 4.95 Å². The van der Waals surface area contributed by atoms with Crippen molar-refractivity contribution in [3.05, 3.63) is 10.1 Å². The molecule has 2 unspecified atom stereocenters. The monoisotopic (exact) mass is 417 g/mol. The van der Waals surface area contributed by atoms with E-state index < -0.39 is 18.1 Å². The van der Waals surface area contributed by atoms with Crippen LogP contribution >= 0.6 is 63.7 Å². The van der Waals surface area contributed by atoms with Gasteiger partial charge in [-0.1, -0.05) is 47.8 Å². The van der Waals surface area contributed by atoms with E-state index in [1.807, 2.05) is 0 Å². The lowest BCUT2D eigenvalue weighted by molar-refractivity contribution is -0.503. The maximum atomic E-state index is 10.1. The van der Waals surface area contributed by atoms with Gasteiger partial charge in [-0.2, -0.15) is 0 Å². The minimum atomic E-state index is -1.22. The fraction of sp³-hybridized carbons (Fsp3) is 1.00. The molecule has 2 atom stereocenters. The average molecular weight is 421 g/mol. The zero-order chi connectivity index (χ0) is 9.23. The van der Waals surface area contributed by atoms with Gasteiger partial charge in [0.2, 0.25) is 0 Å². The minimum Gasteiger partial charge on any atom is -0.382 e. The second kappa shape index (κ2) is 4.50. The van der Waals surface area contributed by atoms with Gasteiger partial charge in [0.1, 0.15) is 0 Å². The Morgan fingerprint density at radius 1 is 1.45 bits per heavy atom. The molecule has 0 amide bonds. The van der Waals surface area contributed by atoms with Crippen LogP contribution < -0.4 is 0 Å². The van der Waals surface area contributed by atoms with Gasteiger partial charge >= 0.3 is 0 Å². The number of nitrogens with zero attached hydrogens (tertiary/aromatic N) is 1. The van der Waals surface area contributed by atoms with Crippen molar-refractivity contribution in [3.63, 3.8) is 0 Å². The highest BCUT2D eigenvalue weighted by molar-refractivity contribution is 9.39. The van der Waals surface area contributed by atoms with Crippen LogP contribution in [0.25, 0.3) is 0 Å². The number of hydrogen-bond acceptors (Lipinski definition) is 3. The van der Waals surface area contributed by atoms with Crippen molar-refractivity contribution in [1.82, 2.24) is 0 Å². The van der Waals surface area contributed by atoms with Gasteiger partial charge in [-0.25, -0.2) is 0 Å². The van der Waals surface area contributed by atoms with E-state index in [0.29, 0.717) is 0 Å². The Bertz CT molecular complexity index is 157. The summed E-state index contributed by atoms with van der Waals surface area (Å²) in [6, 6.07) is 0. The molecule has 4 nitrogen and oxygen atoms in total. The van der Waals surface area contributed by atoms with Gasteiger partial charge in [-0.15, -0.1) is 0 Å². The van der Waals surface area contributed by atoms with Crippen molar-refractivity contribution in [2.45, 2.75) is 13.2 Å². The number of aliphatic hydroxyl groups is 1. The highest BCUT2D eigenvalue weighted by Crippen LogP contribution is 2.39. The number of rotatable bonds is 2. The van der Waals surface area contributed by atoms with Crippen LogP contribution in [0.4, 0.5) is 0 Å². The first-order valence-electron chi connectivity index (χ1n) is 2.29. The molecule has 66 valence electrons. The van der Waals surface area contributed by atoms with Crippen molar-refractivity contribution in [3.8, 4) is 0 Å². The topological polar surface area (TPSA) is 63.4 Å². The molecule has 0 fully saturated rings. The maximum absolute atomic E-state index is 10.1. The minimum absolute atomic E-state index is 0.636. The summed E-state index contributed by atoms with van der Waals surface area (Å²) in [6.07, 6.45) is -1.22. The molecule has 0 aliphatic carbocycles. The van der Waals surface area contributed by atoms with Gasteiger partial charge < -0.3 is 5.11 Å². The Labute approximate surface area is 96.4 Å². The summed E-state index contributed by atoms with van der Waals surface area (Å²) in [5.74, 6) is 0. The van der Waals surface area contributed by atoms with Crippen molar-refractivity contribution in [2.75, 3.05) is 0 Å². The van der Waals surface area contributed by atoms with E-state index in [2.05, 4.69) is 63.7 Å². The van der Waals surface area contributed by atoms with Crippen LogP contribution in [-0.4, -0.2) is 23.2 Å². The second-order valence-corrected chi connectivity index (χ2v) is 9.53. The van der Waals surface area contributed by atoms with E-state index >= 15 is 0 Å². The van der Waals surface area contributed by atoms with Gasteiger partial charge in [0, 0.05) is 4.92 Å². The van der Waals surface area contributed by atoms with Gasteiger partial charge in [-0.05, 0) is 15.9 Å². The summed E-state index contributed by atoms with van der Waals surface area (Å²) in [4.78, 5) is 8.27. The van der Waals surface area contributed by atoms with Crippen molar-refractivity contribution < 1.29 is 10.0 Å². The fourth-order valence-corrected chi connectivity index (χ4v) is 2.48. The first-order valence-corrected chi connectivity index (χ1v) is 5.58. The zero-order valence-electron chi connectivity index (χ0n) is 4.88. The number of aliphatic hydroxyl groups excluding tert-OH is 1. The standard InChI is InChI=1S/C3H3Br4NO3/c4-2(8(10)11)1(9)3(5,6)7/h1-2,9H. The molecule has 0 rings (SSSR count). The Hall–Kier alpha value is 1.28. The lowest BCUT2D eigenvalue weighted by atomic mass is 10.4.